The van der Waals surface area contributed by atoms with Crippen molar-refractivity contribution in [2.24, 2.45) is 4.99 Å². The first-order chi connectivity index (χ1) is 16.8. The number of rotatable bonds is 4. The fraction of sp³-hybridized carbons (Fsp3) is 0.143. The molecule has 0 bridgehead atoms. The van der Waals surface area contributed by atoms with Gasteiger partial charge in [-0.3, -0.25) is 0 Å². The van der Waals surface area contributed by atoms with E-state index in [0.29, 0.717) is 18.1 Å². The predicted octanol–water partition coefficient (Wildman–Crippen LogP) is 3.28. The second-order valence-electron chi connectivity index (χ2n) is 8.31. The number of aliphatic carboxylic acids is 1. The lowest BCUT2D eigenvalue weighted by molar-refractivity contribution is -0.577. The molecule has 1 aliphatic rings. The van der Waals surface area contributed by atoms with E-state index >= 15 is 0 Å². The van der Waals surface area contributed by atoms with Crippen LogP contribution in [-0.2, 0) is 11.3 Å². The van der Waals surface area contributed by atoms with Gasteiger partial charge in [0.25, 0.3) is 0 Å². The van der Waals surface area contributed by atoms with Gasteiger partial charge < -0.3 is 15.6 Å². The van der Waals surface area contributed by atoms with E-state index in [1.165, 1.54) is 5.56 Å². The Balaban J connectivity index is 0.000000672. The molecule has 0 fully saturated rings. The summed E-state index contributed by atoms with van der Waals surface area (Å²) in [6.07, 6.45) is 3.82. The van der Waals surface area contributed by atoms with Crippen molar-refractivity contribution in [1.82, 2.24) is 9.78 Å². The van der Waals surface area contributed by atoms with Crippen molar-refractivity contribution in [2.75, 3.05) is 5.73 Å². The number of hydrogen-bond acceptors (Lipinski definition) is 5. The Labute approximate surface area is 204 Å². The number of nitrogens with two attached hydrogens (primary N) is 1. The number of hydrogen-bond donors (Lipinski definition) is 1. The number of carboxylic acid groups (broad SMARTS) is 1. The fourth-order valence-electron chi connectivity index (χ4n) is 3.99. The van der Waals surface area contributed by atoms with Gasteiger partial charge in [-0.1, -0.05) is 48.0 Å². The maximum absolute atomic E-state index is 8.89. The van der Waals surface area contributed by atoms with E-state index in [1.54, 1.807) is 10.9 Å². The van der Waals surface area contributed by atoms with Crippen LogP contribution in [0.4, 0.5) is 11.5 Å². The molecule has 1 aliphatic heterocycles. The molecule has 35 heavy (non-hydrogen) atoms. The molecule has 7 nitrogen and oxygen atoms in total. The number of carboxylic acids is 1. The van der Waals surface area contributed by atoms with Crippen molar-refractivity contribution in [3.63, 3.8) is 0 Å². The van der Waals surface area contributed by atoms with E-state index < -0.39 is 5.97 Å². The fourth-order valence-corrected chi connectivity index (χ4v) is 3.99. The second kappa shape index (κ2) is 10.2. The zero-order chi connectivity index (χ0) is 24.9. The van der Waals surface area contributed by atoms with Crippen molar-refractivity contribution in [2.45, 2.75) is 27.3 Å². The summed E-state index contributed by atoms with van der Waals surface area (Å²) in [6.45, 7) is 5.78. The highest BCUT2D eigenvalue weighted by Crippen LogP contribution is 2.29. The molecule has 7 heteroatoms. The van der Waals surface area contributed by atoms with Crippen LogP contribution in [0, 0.1) is 6.92 Å². The minimum Gasteiger partial charge on any atom is -0.550 e. The Kier molecular flexibility index (Phi) is 6.87. The van der Waals surface area contributed by atoms with Crippen LogP contribution in [-0.4, -0.2) is 21.5 Å². The number of fused-ring (bicyclic) bond motifs is 1. The molecular formula is C28H27N5O2. The SMILES string of the molecule is CC(=O)[O-].CC1=C(c2ccccc2)[n+]2ccccc2C1=Nc1cnn(Cc2ccc(C)cc2)c1N. The van der Waals surface area contributed by atoms with Gasteiger partial charge in [-0.15, -0.1) is 0 Å². The molecule has 176 valence electrons. The first-order valence-electron chi connectivity index (χ1n) is 11.3. The average molecular weight is 466 g/mol. The molecule has 0 atom stereocenters. The standard InChI is InChI=1S/C26H23N5.C2H4O2/c1-18-11-13-20(14-12-18)17-31-26(27)22(16-28-31)29-24-19(2)25(21-8-4-3-5-9-21)30-15-7-6-10-23(24)30;1-2(3)4/h3-16,27H,17H2,1-2H3;1H3,(H,3,4). The lowest BCUT2D eigenvalue weighted by Crippen LogP contribution is -2.34. The number of benzene rings is 2. The number of aromatic nitrogens is 3. The predicted molar refractivity (Wildman–Crippen MR) is 135 cm³/mol. The van der Waals surface area contributed by atoms with E-state index in [1.807, 2.05) is 18.2 Å². The molecule has 2 aromatic heterocycles. The Morgan fingerprint density at radius 3 is 2.37 bits per heavy atom. The van der Waals surface area contributed by atoms with Crippen LogP contribution < -0.4 is 15.4 Å². The van der Waals surface area contributed by atoms with Crippen LogP contribution in [0.25, 0.3) is 5.70 Å². The smallest absolute Gasteiger partial charge is 0.237 e. The van der Waals surface area contributed by atoms with E-state index in [4.69, 9.17) is 20.6 Å². The summed E-state index contributed by atoms with van der Waals surface area (Å²) < 4.78 is 3.99. The van der Waals surface area contributed by atoms with E-state index in [9.17, 15) is 0 Å². The Morgan fingerprint density at radius 1 is 1.03 bits per heavy atom. The van der Waals surface area contributed by atoms with Crippen LogP contribution >= 0.6 is 0 Å². The highest BCUT2D eigenvalue weighted by Gasteiger charge is 2.34. The lowest BCUT2D eigenvalue weighted by Gasteiger charge is -2.05. The largest absolute Gasteiger partial charge is 0.550 e. The Hall–Kier alpha value is -4.52. The van der Waals surface area contributed by atoms with Crippen molar-refractivity contribution in [3.8, 4) is 0 Å². The number of anilines is 1. The third-order valence-corrected chi connectivity index (χ3v) is 5.65. The number of nitrogens with zero attached hydrogens (tertiary/aromatic N) is 4. The van der Waals surface area contributed by atoms with Crippen molar-refractivity contribution in [1.29, 1.82) is 0 Å². The van der Waals surface area contributed by atoms with Crippen molar-refractivity contribution in [3.05, 3.63) is 113 Å². The Morgan fingerprint density at radius 2 is 1.69 bits per heavy atom. The van der Waals surface area contributed by atoms with Gasteiger partial charge in [0, 0.05) is 23.7 Å². The summed E-state index contributed by atoms with van der Waals surface area (Å²) in [5, 5.41) is 13.4. The third kappa shape index (κ3) is 5.19. The quantitative estimate of drug-likeness (QED) is 0.468. The normalized spacial score (nSPS) is 13.4. The van der Waals surface area contributed by atoms with Gasteiger partial charge in [0.1, 0.15) is 17.2 Å². The monoisotopic (exact) mass is 465 g/mol. The summed E-state index contributed by atoms with van der Waals surface area (Å²) in [5.74, 6) is -0.517. The van der Waals surface area contributed by atoms with Crippen LogP contribution in [0.2, 0.25) is 0 Å². The van der Waals surface area contributed by atoms with Crippen LogP contribution in [0.15, 0.2) is 95.8 Å². The Bertz CT molecular complexity index is 1410. The highest BCUT2D eigenvalue weighted by atomic mass is 16.4. The summed E-state index contributed by atoms with van der Waals surface area (Å²) in [7, 11) is 0. The van der Waals surface area contributed by atoms with Gasteiger partial charge in [-0.2, -0.15) is 9.67 Å². The van der Waals surface area contributed by atoms with Gasteiger partial charge in [-0.25, -0.2) is 9.67 Å². The number of carbonyl (C=O) groups is 1. The first-order valence-corrected chi connectivity index (χ1v) is 11.3. The molecule has 0 amide bonds. The van der Waals surface area contributed by atoms with Gasteiger partial charge in [0.15, 0.2) is 6.20 Å². The van der Waals surface area contributed by atoms with E-state index in [0.717, 1.165) is 40.7 Å². The van der Waals surface area contributed by atoms with Gasteiger partial charge in [0.05, 0.1) is 18.3 Å². The molecule has 2 N–H and O–H groups in total. The zero-order valence-corrected chi connectivity index (χ0v) is 20.0. The summed E-state index contributed by atoms with van der Waals surface area (Å²) in [5.41, 5.74) is 14.9. The molecule has 3 heterocycles. The first kappa shape index (κ1) is 23.6. The van der Waals surface area contributed by atoms with Crippen molar-refractivity contribution >= 4 is 28.9 Å². The number of aliphatic imine (C=N–C) groups is 1. The summed E-state index contributed by atoms with van der Waals surface area (Å²) in [4.78, 5) is 13.9. The highest BCUT2D eigenvalue weighted by molar-refractivity contribution is 6.17. The minimum atomic E-state index is -1.08. The molecular weight excluding hydrogens is 438 g/mol. The van der Waals surface area contributed by atoms with Crippen molar-refractivity contribution < 1.29 is 14.5 Å². The molecule has 0 saturated carbocycles. The van der Waals surface area contributed by atoms with Crippen LogP contribution in [0.5, 0.6) is 0 Å². The molecule has 2 aromatic carbocycles. The maximum atomic E-state index is 8.89. The summed E-state index contributed by atoms with van der Waals surface area (Å²) >= 11 is 0. The van der Waals surface area contributed by atoms with Gasteiger partial charge in [0.2, 0.25) is 11.4 Å². The molecule has 0 saturated heterocycles. The number of allylic oxidation sites excluding steroid dienone is 1. The summed E-state index contributed by atoms with van der Waals surface area (Å²) in [6, 6.07) is 25.0. The number of nitrogen functional groups attached to an aromatic ring is 1. The molecule has 4 aromatic rings. The van der Waals surface area contributed by atoms with Gasteiger partial charge >= 0.3 is 0 Å². The lowest BCUT2D eigenvalue weighted by atomic mass is 10.1. The molecule has 5 rings (SSSR count). The topological polar surface area (TPSA) is 100 Å². The molecule has 0 spiro atoms. The molecule has 0 radical (unpaired) electrons. The minimum absolute atomic E-state index is 0.566. The maximum Gasteiger partial charge on any atom is 0.237 e. The zero-order valence-electron chi connectivity index (χ0n) is 20.0. The average Bonchev–Trinajstić information content (AvgIpc) is 3.32. The van der Waals surface area contributed by atoms with E-state index in [2.05, 4.69) is 84.3 Å². The molecule has 0 unspecified atom stereocenters. The third-order valence-electron chi connectivity index (χ3n) is 5.65. The van der Waals surface area contributed by atoms with Crippen LogP contribution in [0.1, 0.15) is 36.2 Å². The number of carbonyl (C=O) groups excluding carboxylic acids is 1. The van der Waals surface area contributed by atoms with Crippen LogP contribution in [0.3, 0.4) is 0 Å². The number of pyridine rings is 1. The second-order valence-corrected chi connectivity index (χ2v) is 8.31. The molecule has 0 aliphatic carbocycles. The van der Waals surface area contributed by atoms with E-state index in [-0.39, 0.29) is 0 Å². The van der Waals surface area contributed by atoms with Gasteiger partial charge in [-0.05, 0) is 44.5 Å². The number of aryl methyl sites for hydroxylation is 1.